The number of rotatable bonds is 6. The predicted octanol–water partition coefficient (Wildman–Crippen LogP) is 0.847. The van der Waals surface area contributed by atoms with Crippen molar-refractivity contribution in [3.63, 3.8) is 0 Å². The SMILES string of the molecule is CCCNC1COCC1CNc1cnn(C)c1. The Morgan fingerprint density at radius 3 is 3.12 bits per heavy atom. The molecule has 1 saturated heterocycles. The Bertz CT molecular complexity index is 339. The number of aryl methyl sites for hydroxylation is 1. The minimum Gasteiger partial charge on any atom is -0.382 e. The number of nitrogens with zero attached hydrogens (tertiary/aromatic N) is 2. The molecule has 1 fully saturated rings. The first-order chi connectivity index (χ1) is 8.29. The standard InChI is InChI=1S/C12H22N4O/c1-3-4-13-12-9-17-8-10(12)5-14-11-6-15-16(2)7-11/h6-7,10,12-14H,3-5,8-9H2,1-2H3. The van der Waals surface area contributed by atoms with Gasteiger partial charge in [-0.05, 0) is 13.0 Å². The van der Waals surface area contributed by atoms with Crippen molar-refractivity contribution >= 4 is 5.69 Å². The van der Waals surface area contributed by atoms with E-state index in [1.54, 1.807) is 4.68 Å². The van der Waals surface area contributed by atoms with E-state index >= 15 is 0 Å². The molecule has 2 heterocycles. The molecule has 17 heavy (non-hydrogen) atoms. The third-order valence-electron chi connectivity index (χ3n) is 3.13. The van der Waals surface area contributed by atoms with Crippen LogP contribution in [0, 0.1) is 5.92 Å². The van der Waals surface area contributed by atoms with Crippen LogP contribution in [0.25, 0.3) is 0 Å². The summed E-state index contributed by atoms with van der Waals surface area (Å²) in [6.07, 6.45) is 5.01. The van der Waals surface area contributed by atoms with E-state index in [1.807, 2.05) is 19.4 Å². The van der Waals surface area contributed by atoms with Crippen LogP contribution in [0.1, 0.15) is 13.3 Å². The molecule has 0 amide bonds. The Hall–Kier alpha value is -1.07. The summed E-state index contributed by atoms with van der Waals surface area (Å²) in [5, 5.41) is 11.1. The number of nitrogens with one attached hydrogen (secondary N) is 2. The van der Waals surface area contributed by atoms with Gasteiger partial charge in [-0.25, -0.2) is 0 Å². The topological polar surface area (TPSA) is 51.1 Å². The highest BCUT2D eigenvalue weighted by molar-refractivity contribution is 5.38. The molecule has 5 nitrogen and oxygen atoms in total. The summed E-state index contributed by atoms with van der Waals surface area (Å²) in [6, 6.07) is 0.485. The molecule has 0 spiro atoms. The molecule has 2 unspecified atom stereocenters. The molecular formula is C12H22N4O. The van der Waals surface area contributed by atoms with Crippen LogP contribution in [0.5, 0.6) is 0 Å². The van der Waals surface area contributed by atoms with Gasteiger partial charge >= 0.3 is 0 Å². The van der Waals surface area contributed by atoms with Crippen molar-refractivity contribution < 1.29 is 4.74 Å². The zero-order valence-corrected chi connectivity index (χ0v) is 10.6. The van der Waals surface area contributed by atoms with Crippen molar-refractivity contribution in [1.29, 1.82) is 0 Å². The van der Waals surface area contributed by atoms with E-state index in [-0.39, 0.29) is 0 Å². The van der Waals surface area contributed by atoms with Gasteiger partial charge in [0.2, 0.25) is 0 Å². The van der Waals surface area contributed by atoms with Crippen LogP contribution in [0.4, 0.5) is 5.69 Å². The van der Waals surface area contributed by atoms with Crippen molar-refractivity contribution in [3.8, 4) is 0 Å². The van der Waals surface area contributed by atoms with E-state index in [9.17, 15) is 0 Å². The number of anilines is 1. The van der Waals surface area contributed by atoms with Crippen molar-refractivity contribution in [3.05, 3.63) is 12.4 Å². The smallest absolute Gasteiger partial charge is 0.0726 e. The lowest BCUT2D eigenvalue weighted by atomic mass is 10.0. The summed E-state index contributed by atoms with van der Waals surface area (Å²) in [4.78, 5) is 0. The van der Waals surface area contributed by atoms with Crippen LogP contribution >= 0.6 is 0 Å². The van der Waals surface area contributed by atoms with Crippen LogP contribution in [0.2, 0.25) is 0 Å². The first-order valence-electron chi connectivity index (χ1n) is 6.33. The summed E-state index contributed by atoms with van der Waals surface area (Å²) in [6.45, 7) is 5.87. The van der Waals surface area contributed by atoms with Crippen molar-refractivity contribution in [2.24, 2.45) is 13.0 Å². The van der Waals surface area contributed by atoms with Gasteiger partial charge in [-0.15, -0.1) is 0 Å². The van der Waals surface area contributed by atoms with Crippen molar-refractivity contribution in [1.82, 2.24) is 15.1 Å². The number of hydrogen-bond donors (Lipinski definition) is 2. The molecule has 1 aromatic rings. The molecule has 96 valence electrons. The Labute approximate surface area is 103 Å². The van der Waals surface area contributed by atoms with Gasteiger partial charge in [-0.1, -0.05) is 6.92 Å². The molecular weight excluding hydrogens is 216 g/mol. The van der Waals surface area contributed by atoms with Gasteiger partial charge in [0.15, 0.2) is 0 Å². The largest absolute Gasteiger partial charge is 0.382 e. The molecule has 2 N–H and O–H groups in total. The van der Waals surface area contributed by atoms with Gasteiger partial charge in [0.25, 0.3) is 0 Å². The number of ether oxygens (including phenoxy) is 1. The molecule has 1 aliphatic rings. The molecule has 1 aromatic heterocycles. The lowest BCUT2D eigenvalue weighted by Gasteiger charge is -2.19. The minimum absolute atomic E-state index is 0.485. The Morgan fingerprint density at radius 1 is 1.53 bits per heavy atom. The highest BCUT2D eigenvalue weighted by Crippen LogP contribution is 2.15. The maximum absolute atomic E-state index is 5.54. The average Bonchev–Trinajstić information content (AvgIpc) is 2.92. The zero-order valence-electron chi connectivity index (χ0n) is 10.6. The number of hydrogen-bond acceptors (Lipinski definition) is 4. The molecule has 5 heteroatoms. The predicted molar refractivity (Wildman–Crippen MR) is 68.1 cm³/mol. The van der Waals surface area contributed by atoms with Gasteiger partial charge in [0.05, 0.1) is 25.1 Å². The Morgan fingerprint density at radius 2 is 2.41 bits per heavy atom. The highest BCUT2D eigenvalue weighted by atomic mass is 16.5. The van der Waals surface area contributed by atoms with Gasteiger partial charge in [-0.3, -0.25) is 4.68 Å². The second-order valence-corrected chi connectivity index (χ2v) is 4.64. The first kappa shape index (κ1) is 12.4. The van der Waals surface area contributed by atoms with Gasteiger partial charge in [0, 0.05) is 31.7 Å². The third-order valence-corrected chi connectivity index (χ3v) is 3.13. The fraction of sp³-hybridized carbons (Fsp3) is 0.750. The summed E-state index contributed by atoms with van der Waals surface area (Å²) < 4.78 is 7.34. The molecule has 1 aliphatic heterocycles. The molecule has 0 aromatic carbocycles. The second kappa shape index (κ2) is 6.02. The summed E-state index contributed by atoms with van der Waals surface area (Å²) in [7, 11) is 1.93. The van der Waals surface area contributed by atoms with Gasteiger partial charge in [-0.2, -0.15) is 5.10 Å². The zero-order chi connectivity index (χ0) is 12.1. The fourth-order valence-electron chi connectivity index (χ4n) is 2.12. The Balaban J connectivity index is 1.77. The quantitative estimate of drug-likeness (QED) is 0.771. The Kier molecular flexibility index (Phi) is 4.39. The van der Waals surface area contributed by atoms with Crippen LogP contribution in [-0.4, -0.2) is 42.1 Å². The average molecular weight is 238 g/mol. The van der Waals surface area contributed by atoms with E-state index in [2.05, 4.69) is 22.7 Å². The first-order valence-corrected chi connectivity index (χ1v) is 6.33. The fourth-order valence-corrected chi connectivity index (χ4v) is 2.12. The van der Waals surface area contributed by atoms with Crippen molar-refractivity contribution in [2.75, 3.05) is 31.6 Å². The second-order valence-electron chi connectivity index (χ2n) is 4.64. The van der Waals surface area contributed by atoms with Crippen LogP contribution in [0.3, 0.4) is 0 Å². The van der Waals surface area contributed by atoms with E-state index in [1.165, 1.54) is 6.42 Å². The molecule has 0 radical (unpaired) electrons. The molecule has 0 bridgehead atoms. The monoisotopic (exact) mass is 238 g/mol. The normalized spacial score (nSPS) is 24.1. The highest BCUT2D eigenvalue weighted by Gasteiger charge is 2.27. The van der Waals surface area contributed by atoms with Crippen LogP contribution in [0.15, 0.2) is 12.4 Å². The third kappa shape index (κ3) is 3.44. The van der Waals surface area contributed by atoms with Crippen molar-refractivity contribution in [2.45, 2.75) is 19.4 Å². The van der Waals surface area contributed by atoms with Crippen LogP contribution in [-0.2, 0) is 11.8 Å². The molecule has 2 atom stereocenters. The lowest BCUT2D eigenvalue weighted by Crippen LogP contribution is -2.38. The number of aromatic nitrogens is 2. The summed E-state index contributed by atoms with van der Waals surface area (Å²) in [5.41, 5.74) is 1.08. The minimum atomic E-state index is 0.485. The molecule has 0 saturated carbocycles. The maximum atomic E-state index is 5.54. The van der Waals surface area contributed by atoms with E-state index in [0.29, 0.717) is 12.0 Å². The van der Waals surface area contributed by atoms with Crippen LogP contribution < -0.4 is 10.6 Å². The van der Waals surface area contributed by atoms with E-state index in [0.717, 1.165) is 32.0 Å². The van der Waals surface area contributed by atoms with E-state index in [4.69, 9.17) is 4.74 Å². The van der Waals surface area contributed by atoms with E-state index < -0.39 is 0 Å². The van der Waals surface area contributed by atoms with Gasteiger partial charge < -0.3 is 15.4 Å². The lowest BCUT2D eigenvalue weighted by molar-refractivity contribution is 0.183. The molecule has 2 rings (SSSR count). The maximum Gasteiger partial charge on any atom is 0.0726 e. The summed E-state index contributed by atoms with van der Waals surface area (Å²) >= 11 is 0. The molecule has 0 aliphatic carbocycles. The van der Waals surface area contributed by atoms with Gasteiger partial charge in [0.1, 0.15) is 0 Å². The summed E-state index contributed by atoms with van der Waals surface area (Å²) in [5.74, 6) is 0.543.